The molecular formula is C15H20FNOS. The van der Waals surface area contributed by atoms with Crippen LogP contribution in [-0.4, -0.2) is 4.98 Å². The first-order chi connectivity index (χ1) is 9.16. The van der Waals surface area contributed by atoms with Crippen LogP contribution in [0.2, 0.25) is 0 Å². The number of rotatable bonds is 4. The van der Waals surface area contributed by atoms with Crippen LogP contribution in [0.4, 0.5) is 4.39 Å². The Morgan fingerprint density at radius 3 is 2.63 bits per heavy atom. The van der Waals surface area contributed by atoms with Crippen molar-refractivity contribution in [2.75, 3.05) is 0 Å². The average Bonchev–Trinajstić information content (AvgIpc) is 2.91. The molecule has 0 fully saturated rings. The van der Waals surface area contributed by atoms with Crippen molar-refractivity contribution in [1.29, 1.82) is 0 Å². The van der Waals surface area contributed by atoms with Crippen LogP contribution in [0.1, 0.15) is 44.9 Å². The van der Waals surface area contributed by atoms with Crippen molar-refractivity contribution in [2.45, 2.75) is 40.2 Å². The molecule has 104 valence electrons. The third-order valence-electron chi connectivity index (χ3n) is 2.46. The maximum Gasteiger partial charge on any atom is 0.131 e. The molecule has 0 aliphatic carbocycles. The van der Waals surface area contributed by atoms with Gasteiger partial charge in [0.1, 0.15) is 18.2 Å². The lowest BCUT2D eigenvalue weighted by Crippen LogP contribution is -2.00. The molecule has 0 aliphatic rings. The Kier molecular flexibility index (Phi) is 6.50. The van der Waals surface area contributed by atoms with Crippen molar-refractivity contribution in [3.8, 4) is 5.75 Å². The highest BCUT2D eigenvalue weighted by molar-refractivity contribution is 7.07. The highest BCUT2D eigenvalue weighted by Gasteiger charge is 2.09. The van der Waals surface area contributed by atoms with Crippen LogP contribution in [0.25, 0.3) is 0 Å². The third kappa shape index (κ3) is 4.63. The summed E-state index contributed by atoms with van der Waals surface area (Å²) >= 11 is 1.52. The molecule has 2 nitrogen and oxygen atoms in total. The van der Waals surface area contributed by atoms with Crippen LogP contribution in [-0.2, 0) is 6.61 Å². The zero-order valence-electron chi connectivity index (χ0n) is 11.8. The molecule has 1 aromatic carbocycles. The SMILES string of the molecule is CC.CC(C)c1ccc(F)cc1OCc1cscn1. The van der Waals surface area contributed by atoms with E-state index in [9.17, 15) is 4.39 Å². The average molecular weight is 281 g/mol. The first-order valence-corrected chi connectivity index (χ1v) is 7.40. The van der Waals surface area contributed by atoms with Gasteiger partial charge in [-0.2, -0.15) is 0 Å². The van der Waals surface area contributed by atoms with E-state index < -0.39 is 0 Å². The van der Waals surface area contributed by atoms with E-state index in [1.165, 1.54) is 23.5 Å². The van der Waals surface area contributed by atoms with Gasteiger partial charge in [-0.1, -0.05) is 33.8 Å². The van der Waals surface area contributed by atoms with Gasteiger partial charge in [-0.15, -0.1) is 11.3 Å². The molecular weight excluding hydrogens is 261 g/mol. The Morgan fingerprint density at radius 1 is 1.32 bits per heavy atom. The predicted molar refractivity (Wildman–Crippen MR) is 78.3 cm³/mol. The standard InChI is InChI=1S/C13H14FNOS.C2H6/c1-9(2)12-4-3-10(14)5-13(12)16-6-11-7-17-8-15-11;1-2/h3-5,7-9H,6H2,1-2H3;1-2H3. The van der Waals surface area contributed by atoms with Crippen LogP contribution in [0.5, 0.6) is 5.75 Å². The van der Waals surface area contributed by atoms with E-state index in [0.717, 1.165) is 11.3 Å². The molecule has 0 amide bonds. The minimum Gasteiger partial charge on any atom is -0.487 e. The minimum atomic E-state index is -0.275. The minimum absolute atomic E-state index is 0.275. The van der Waals surface area contributed by atoms with Crippen molar-refractivity contribution >= 4 is 11.3 Å². The van der Waals surface area contributed by atoms with Crippen molar-refractivity contribution in [1.82, 2.24) is 4.98 Å². The van der Waals surface area contributed by atoms with Crippen molar-refractivity contribution in [3.63, 3.8) is 0 Å². The summed E-state index contributed by atoms with van der Waals surface area (Å²) in [6.07, 6.45) is 0. The van der Waals surface area contributed by atoms with E-state index in [4.69, 9.17) is 4.74 Å². The van der Waals surface area contributed by atoms with E-state index in [1.54, 1.807) is 11.6 Å². The van der Waals surface area contributed by atoms with Crippen LogP contribution in [0, 0.1) is 5.82 Å². The Bertz CT molecular complexity index is 483. The monoisotopic (exact) mass is 281 g/mol. The summed E-state index contributed by atoms with van der Waals surface area (Å²) in [5, 5.41) is 1.92. The Labute approximate surface area is 118 Å². The fraction of sp³-hybridized carbons (Fsp3) is 0.400. The van der Waals surface area contributed by atoms with Gasteiger partial charge in [-0.3, -0.25) is 0 Å². The van der Waals surface area contributed by atoms with E-state index >= 15 is 0 Å². The van der Waals surface area contributed by atoms with Gasteiger partial charge in [-0.25, -0.2) is 9.37 Å². The Morgan fingerprint density at radius 2 is 2.05 bits per heavy atom. The lowest BCUT2D eigenvalue weighted by atomic mass is 10.0. The highest BCUT2D eigenvalue weighted by Crippen LogP contribution is 2.27. The largest absolute Gasteiger partial charge is 0.487 e. The number of ether oxygens (including phenoxy) is 1. The van der Waals surface area contributed by atoms with Crippen LogP contribution in [0.15, 0.2) is 29.1 Å². The predicted octanol–water partition coefficient (Wildman–Crippen LogP) is 5.01. The summed E-state index contributed by atoms with van der Waals surface area (Å²) in [6, 6.07) is 4.67. The van der Waals surface area contributed by atoms with Gasteiger partial charge in [0.05, 0.1) is 11.2 Å². The van der Waals surface area contributed by atoms with Gasteiger partial charge < -0.3 is 4.74 Å². The van der Waals surface area contributed by atoms with E-state index in [1.807, 2.05) is 19.2 Å². The molecule has 0 N–H and O–H groups in total. The second-order valence-electron chi connectivity index (χ2n) is 4.11. The fourth-order valence-corrected chi connectivity index (χ4v) is 2.11. The Balaban J connectivity index is 0.000000861. The normalized spacial score (nSPS) is 10.0. The second-order valence-corrected chi connectivity index (χ2v) is 4.82. The van der Waals surface area contributed by atoms with Gasteiger partial charge in [0, 0.05) is 11.4 Å². The first-order valence-electron chi connectivity index (χ1n) is 6.46. The van der Waals surface area contributed by atoms with Crippen molar-refractivity contribution in [3.05, 3.63) is 46.2 Å². The zero-order valence-corrected chi connectivity index (χ0v) is 12.6. The molecule has 2 aromatic rings. The number of benzene rings is 1. The fourth-order valence-electron chi connectivity index (χ4n) is 1.57. The number of nitrogens with zero attached hydrogens (tertiary/aromatic N) is 1. The van der Waals surface area contributed by atoms with E-state index in [0.29, 0.717) is 18.3 Å². The molecule has 0 unspecified atom stereocenters. The summed E-state index contributed by atoms with van der Waals surface area (Å²) in [5.41, 5.74) is 3.64. The number of hydrogen-bond donors (Lipinski definition) is 0. The highest BCUT2D eigenvalue weighted by atomic mass is 32.1. The maximum absolute atomic E-state index is 13.2. The number of aromatic nitrogens is 1. The van der Waals surface area contributed by atoms with E-state index in [-0.39, 0.29) is 5.82 Å². The number of thiazole rings is 1. The maximum atomic E-state index is 13.2. The molecule has 0 spiro atoms. The molecule has 0 aliphatic heterocycles. The van der Waals surface area contributed by atoms with Crippen LogP contribution in [0.3, 0.4) is 0 Å². The van der Waals surface area contributed by atoms with Gasteiger partial charge >= 0.3 is 0 Å². The molecule has 0 saturated heterocycles. The molecule has 1 heterocycles. The van der Waals surface area contributed by atoms with Gasteiger partial charge in [0.25, 0.3) is 0 Å². The Hall–Kier alpha value is -1.42. The first kappa shape index (κ1) is 15.6. The summed E-state index contributed by atoms with van der Waals surface area (Å²) in [4.78, 5) is 4.13. The molecule has 0 radical (unpaired) electrons. The molecule has 0 saturated carbocycles. The quantitative estimate of drug-likeness (QED) is 0.785. The van der Waals surface area contributed by atoms with Crippen molar-refractivity contribution in [2.24, 2.45) is 0 Å². The lowest BCUT2D eigenvalue weighted by Gasteiger charge is -2.13. The van der Waals surface area contributed by atoms with Gasteiger partial charge in [-0.05, 0) is 17.5 Å². The van der Waals surface area contributed by atoms with E-state index in [2.05, 4.69) is 18.8 Å². The molecule has 19 heavy (non-hydrogen) atoms. The molecule has 0 atom stereocenters. The third-order valence-corrected chi connectivity index (χ3v) is 3.09. The zero-order chi connectivity index (χ0) is 14.3. The smallest absolute Gasteiger partial charge is 0.131 e. The van der Waals surface area contributed by atoms with Gasteiger partial charge in [0.2, 0.25) is 0 Å². The molecule has 2 rings (SSSR count). The van der Waals surface area contributed by atoms with Gasteiger partial charge in [0.15, 0.2) is 0 Å². The molecule has 0 bridgehead atoms. The second kappa shape index (κ2) is 7.89. The summed E-state index contributed by atoms with van der Waals surface area (Å²) in [5.74, 6) is 0.636. The van der Waals surface area contributed by atoms with Crippen LogP contribution >= 0.6 is 11.3 Å². The molecule has 1 aromatic heterocycles. The summed E-state index contributed by atoms with van der Waals surface area (Å²) in [6.45, 7) is 8.50. The van der Waals surface area contributed by atoms with Crippen LogP contribution < -0.4 is 4.74 Å². The number of hydrogen-bond acceptors (Lipinski definition) is 3. The lowest BCUT2D eigenvalue weighted by molar-refractivity contribution is 0.296. The van der Waals surface area contributed by atoms with Crippen molar-refractivity contribution < 1.29 is 9.13 Å². The number of halogens is 1. The topological polar surface area (TPSA) is 22.1 Å². The summed E-state index contributed by atoms with van der Waals surface area (Å²) < 4.78 is 18.8. The molecule has 4 heteroatoms. The summed E-state index contributed by atoms with van der Waals surface area (Å²) in [7, 11) is 0.